The number of anilines is 1. The lowest BCUT2D eigenvalue weighted by Crippen LogP contribution is -2.51. The second-order valence-electron chi connectivity index (χ2n) is 10.7. The molecular formula is C28H28ClFN8O3. The lowest BCUT2D eigenvalue weighted by atomic mass is 10.0. The first-order chi connectivity index (χ1) is 19.9. The van der Waals surface area contributed by atoms with Crippen LogP contribution in [0.2, 0.25) is 5.02 Å². The number of halogens is 2. The number of imidazole rings is 1. The number of hydrogen-bond acceptors (Lipinski definition) is 8. The maximum atomic E-state index is 14.5. The van der Waals surface area contributed by atoms with Crippen LogP contribution >= 0.6 is 11.6 Å². The van der Waals surface area contributed by atoms with E-state index >= 15 is 0 Å². The number of pyridine rings is 1. The van der Waals surface area contributed by atoms with Gasteiger partial charge in [-0.15, -0.1) is 0 Å². The molecule has 5 aromatic rings. The number of rotatable bonds is 6. The highest BCUT2D eigenvalue weighted by Gasteiger charge is 2.31. The molecule has 4 aromatic heterocycles. The van der Waals surface area contributed by atoms with Crippen LogP contribution in [0.3, 0.4) is 0 Å². The molecule has 11 nitrogen and oxygen atoms in total. The molecule has 7 rings (SSSR count). The molecule has 0 radical (unpaired) electrons. The summed E-state index contributed by atoms with van der Waals surface area (Å²) in [7, 11) is 0. The molecule has 3 N–H and O–H groups in total. The van der Waals surface area contributed by atoms with Crippen molar-refractivity contribution in [2.45, 2.75) is 37.8 Å². The quantitative estimate of drug-likeness (QED) is 0.281. The lowest BCUT2D eigenvalue weighted by Gasteiger charge is -2.37. The summed E-state index contributed by atoms with van der Waals surface area (Å²) in [6.07, 6.45) is 5.06. The number of aliphatic hydroxyl groups excluding tert-OH is 2. The van der Waals surface area contributed by atoms with Crippen molar-refractivity contribution in [1.29, 1.82) is 0 Å². The number of piperidine rings is 1. The lowest BCUT2D eigenvalue weighted by molar-refractivity contribution is -0.0254. The van der Waals surface area contributed by atoms with Crippen LogP contribution < -0.4 is 10.6 Å². The Bertz CT molecular complexity index is 1810. The fraction of sp³-hybridized carbons (Fsp3) is 0.357. The Labute approximate surface area is 238 Å². The Hall–Kier alpha value is -3.84. The molecule has 0 aliphatic carbocycles. The molecule has 2 aliphatic rings. The van der Waals surface area contributed by atoms with E-state index in [1.165, 1.54) is 12.4 Å². The van der Waals surface area contributed by atoms with Crippen molar-refractivity contribution >= 4 is 39.6 Å². The van der Waals surface area contributed by atoms with E-state index in [1.54, 1.807) is 22.9 Å². The Morgan fingerprint density at radius 1 is 1.10 bits per heavy atom. The van der Waals surface area contributed by atoms with Crippen molar-refractivity contribution in [1.82, 2.24) is 34.0 Å². The first-order valence-corrected chi connectivity index (χ1v) is 14.0. The molecule has 13 heteroatoms. The highest BCUT2D eigenvalue weighted by Crippen LogP contribution is 2.40. The van der Waals surface area contributed by atoms with Gasteiger partial charge in [-0.1, -0.05) is 23.7 Å². The fourth-order valence-electron chi connectivity index (χ4n) is 6.09. The van der Waals surface area contributed by atoms with Gasteiger partial charge in [0.05, 0.1) is 28.6 Å². The number of fused-ring (bicyclic) bond motifs is 2. The third-order valence-electron chi connectivity index (χ3n) is 8.17. The number of H-pyrrole nitrogens is 1. The van der Waals surface area contributed by atoms with Crippen LogP contribution in [-0.4, -0.2) is 82.7 Å². The van der Waals surface area contributed by atoms with Crippen LogP contribution in [-0.2, 0) is 6.54 Å². The average Bonchev–Trinajstić information content (AvgIpc) is 3.49. The second-order valence-corrected chi connectivity index (χ2v) is 11.0. The van der Waals surface area contributed by atoms with Gasteiger partial charge < -0.3 is 19.7 Å². The van der Waals surface area contributed by atoms with E-state index in [1.807, 2.05) is 32.7 Å². The highest BCUT2D eigenvalue weighted by molar-refractivity contribution is 6.34. The molecule has 1 atom stereocenters. The van der Waals surface area contributed by atoms with Gasteiger partial charge in [0.15, 0.2) is 5.65 Å². The van der Waals surface area contributed by atoms with Crippen molar-refractivity contribution in [2.75, 3.05) is 31.1 Å². The van der Waals surface area contributed by atoms with Gasteiger partial charge in [0.25, 0.3) is 0 Å². The summed E-state index contributed by atoms with van der Waals surface area (Å²) in [5, 5.41) is 21.9. The van der Waals surface area contributed by atoms with Gasteiger partial charge in [0.2, 0.25) is 0 Å². The van der Waals surface area contributed by atoms with E-state index in [2.05, 4.69) is 19.9 Å². The number of likely N-dealkylation sites (tertiary alicyclic amines) is 1. The maximum absolute atomic E-state index is 14.5. The second kappa shape index (κ2) is 10.2. The minimum Gasteiger partial charge on any atom is -0.389 e. The van der Waals surface area contributed by atoms with Crippen LogP contribution in [0.1, 0.15) is 18.9 Å². The highest BCUT2D eigenvalue weighted by atomic mass is 35.5. The molecule has 2 aliphatic heterocycles. The van der Waals surface area contributed by atoms with Gasteiger partial charge in [-0.05, 0) is 31.0 Å². The monoisotopic (exact) mass is 578 g/mol. The standard InChI is InChI=1S/C28H28ClFN8O3/c29-24-18(3-1-4-20(24)30)19-13-37(27-23(19)26(32-15-33-27)36-11-17(39)12-36)14-22(40)35-9-6-16(7-10-35)38-21-5-2-8-31-25(21)34-28(38)41/h1-5,8,13,15-17,22,39-40H,6-7,9-12,14H2,(H,31,34,41). The third kappa shape index (κ3) is 4.47. The summed E-state index contributed by atoms with van der Waals surface area (Å²) >= 11 is 6.40. The smallest absolute Gasteiger partial charge is 0.327 e. The van der Waals surface area contributed by atoms with Crippen molar-refractivity contribution in [2.24, 2.45) is 0 Å². The van der Waals surface area contributed by atoms with Crippen molar-refractivity contribution in [3.63, 3.8) is 0 Å². The van der Waals surface area contributed by atoms with E-state index < -0.39 is 18.1 Å². The van der Waals surface area contributed by atoms with Crippen LogP contribution in [0.4, 0.5) is 10.2 Å². The normalized spacial score (nSPS) is 17.9. The minimum absolute atomic E-state index is 0.000191. The minimum atomic E-state index is -0.826. The van der Waals surface area contributed by atoms with Crippen LogP contribution in [0.15, 0.2) is 53.8 Å². The van der Waals surface area contributed by atoms with Gasteiger partial charge in [-0.2, -0.15) is 0 Å². The van der Waals surface area contributed by atoms with E-state index in [0.29, 0.717) is 72.6 Å². The first-order valence-electron chi connectivity index (χ1n) is 13.6. The predicted octanol–water partition coefficient (Wildman–Crippen LogP) is 2.77. The summed E-state index contributed by atoms with van der Waals surface area (Å²) in [4.78, 5) is 32.7. The van der Waals surface area contributed by atoms with E-state index in [4.69, 9.17) is 11.6 Å². The topological polar surface area (TPSA) is 128 Å². The maximum Gasteiger partial charge on any atom is 0.327 e. The Morgan fingerprint density at radius 2 is 1.90 bits per heavy atom. The SMILES string of the molecule is O=c1[nH]c2ncccc2n1C1CCN(C(O)Cn2cc(-c3cccc(F)c3Cl)c3c(N4CC(O)C4)ncnc32)CC1. The summed E-state index contributed by atoms with van der Waals surface area (Å²) in [5.74, 6) is 0.0965. The Balaban J connectivity index is 1.17. The van der Waals surface area contributed by atoms with Crippen molar-refractivity contribution in [3.05, 3.63) is 70.4 Å². The molecule has 41 heavy (non-hydrogen) atoms. The number of β-amino-alcohol motifs (C(OH)–C–C–N with tert-alkyl or cyclic N) is 1. The van der Waals surface area contributed by atoms with Crippen LogP contribution in [0.25, 0.3) is 33.3 Å². The fourth-order valence-corrected chi connectivity index (χ4v) is 6.31. The van der Waals surface area contributed by atoms with Gasteiger partial charge in [0.1, 0.15) is 29.8 Å². The van der Waals surface area contributed by atoms with E-state index in [-0.39, 0.29) is 23.3 Å². The predicted molar refractivity (Wildman–Crippen MR) is 152 cm³/mol. The number of aromatic amines is 1. The summed E-state index contributed by atoms with van der Waals surface area (Å²) in [6, 6.07) is 8.36. The summed E-state index contributed by atoms with van der Waals surface area (Å²) in [6.45, 7) is 2.27. The number of nitrogens with one attached hydrogen (secondary N) is 1. The molecular weight excluding hydrogens is 551 g/mol. The number of aliphatic hydroxyl groups is 2. The number of nitrogens with zero attached hydrogens (tertiary/aromatic N) is 7. The van der Waals surface area contributed by atoms with Crippen molar-refractivity contribution in [3.8, 4) is 11.1 Å². The summed E-state index contributed by atoms with van der Waals surface area (Å²) in [5.41, 5.74) is 2.91. The first kappa shape index (κ1) is 26.1. The average molecular weight is 579 g/mol. The van der Waals surface area contributed by atoms with Gasteiger partial charge in [-0.25, -0.2) is 24.1 Å². The van der Waals surface area contributed by atoms with Crippen molar-refractivity contribution < 1.29 is 14.6 Å². The van der Waals surface area contributed by atoms with E-state index in [0.717, 1.165) is 5.52 Å². The molecule has 1 aromatic carbocycles. The third-order valence-corrected chi connectivity index (χ3v) is 8.56. The zero-order valence-corrected chi connectivity index (χ0v) is 22.7. The van der Waals surface area contributed by atoms with Gasteiger partial charge in [0, 0.05) is 55.7 Å². The molecule has 212 valence electrons. The largest absolute Gasteiger partial charge is 0.389 e. The molecule has 2 saturated heterocycles. The van der Waals surface area contributed by atoms with Crippen LogP contribution in [0, 0.1) is 5.82 Å². The Kier molecular flexibility index (Phi) is 6.50. The molecule has 1 unspecified atom stereocenters. The van der Waals surface area contributed by atoms with E-state index in [9.17, 15) is 19.4 Å². The summed E-state index contributed by atoms with van der Waals surface area (Å²) < 4.78 is 18.1. The van der Waals surface area contributed by atoms with Gasteiger partial charge >= 0.3 is 5.69 Å². The molecule has 2 fully saturated rings. The number of hydrogen-bond donors (Lipinski definition) is 3. The zero-order valence-electron chi connectivity index (χ0n) is 22.0. The molecule has 0 bridgehead atoms. The Morgan fingerprint density at radius 3 is 2.68 bits per heavy atom. The van der Waals surface area contributed by atoms with Gasteiger partial charge in [-0.3, -0.25) is 14.5 Å². The van der Waals surface area contributed by atoms with Crippen LogP contribution in [0.5, 0.6) is 0 Å². The molecule has 0 spiro atoms. The molecule has 0 saturated carbocycles. The number of aromatic nitrogens is 6. The number of benzene rings is 1. The molecule has 0 amide bonds. The zero-order chi connectivity index (χ0) is 28.2. The molecule has 6 heterocycles.